The van der Waals surface area contributed by atoms with Crippen molar-refractivity contribution in [3.63, 3.8) is 0 Å². The van der Waals surface area contributed by atoms with Crippen LogP contribution in [0, 0.1) is 6.92 Å². The number of ether oxygens (including phenoxy) is 2. The molecular formula is C31H30Cl2F2N5O5PS. The fourth-order valence-corrected chi connectivity index (χ4v) is 8.34. The number of nitrogens with one attached hydrogen (secondary N) is 2. The van der Waals surface area contributed by atoms with Crippen LogP contribution in [0.3, 0.4) is 0 Å². The summed E-state index contributed by atoms with van der Waals surface area (Å²) in [5, 5.41) is 11.8. The van der Waals surface area contributed by atoms with Gasteiger partial charge in [-0.25, -0.2) is 14.1 Å². The molecule has 248 valence electrons. The number of halogens is 4. The first-order chi connectivity index (χ1) is 22.5. The molecule has 0 saturated carbocycles. The minimum Gasteiger partial charge on any atom is -0.460 e. The van der Waals surface area contributed by atoms with Gasteiger partial charge in [-0.15, -0.1) is 0 Å². The topological polar surface area (TPSA) is 115 Å². The molecule has 1 amide bonds. The molecular weight excluding hydrogens is 694 g/mol. The summed E-state index contributed by atoms with van der Waals surface area (Å²) < 4.78 is 55.4. The largest absolute Gasteiger partial charge is 0.460 e. The van der Waals surface area contributed by atoms with Crippen molar-refractivity contribution < 1.29 is 32.4 Å². The number of hydrogen-bond acceptors (Lipinski definition) is 7. The Kier molecular flexibility index (Phi) is 11.6. The molecule has 1 atom stereocenters. The molecule has 2 heterocycles. The minimum atomic E-state index is -3.82. The summed E-state index contributed by atoms with van der Waals surface area (Å²) in [5.74, 6) is -3.54. The number of aromatic nitrogens is 2. The van der Waals surface area contributed by atoms with E-state index in [0.29, 0.717) is 75.5 Å². The summed E-state index contributed by atoms with van der Waals surface area (Å²) in [6.45, 7) is 2.80. The number of carbonyl (C=O) groups is 2. The maximum absolute atomic E-state index is 15.3. The zero-order chi connectivity index (χ0) is 33.6. The molecule has 1 saturated heterocycles. The molecule has 0 bridgehead atoms. The first-order valence-electron chi connectivity index (χ1n) is 14.4. The molecule has 10 nitrogen and oxygen atoms in total. The van der Waals surface area contributed by atoms with Gasteiger partial charge in [0.25, 0.3) is 19.1 Å². The summed E-state index contributed by atoms with van der Waals surface area (Å²) in [5.41, 5.74) is 1.37. The number of morpholine rings is 1. The highest BCUT2D eigenvalue weighted by atomic mass is 35.5. The van der Waals surface area contributed by atoms with Gasteiger partial charge in [-0.3, -0.25) is 9.36 Å². The van der Waals surface area contributed by atoms with E-state index in [1.807, 2.05) is 0 Å². The van der Waals surface area contributed by atoms with E-state index in [1.165, 1.54) is 16.8 Å². The van der Waals surface area contributed by atoms with Crippen LogP contribution in [0.4, 0.5) is 20.3 Å². The zero-order valence-electron chi connectivity index (χ0n) is 25.0. The van der Waals surface area contributed by atoms with Crippen molar-refractivity contribution >= 4 is 71.1 Å². The Labute approximate surface area is 284 Å². The SMILES string of the molecule is Cc1nn(CCOC(=O)c2ccc(Cl)cc2)c(NC(=O)c2ccc(Cl)cc2)c1[P@@](=O)(Nc1ccc(SC(F)F)cc1)N1CCOCC1. The minimum absolute atomic E-state index is 0.0130. The van der Waals surface area contributed by atoms with Crippen LogP contribution in [0.2, 0.25) is 10.0 Å². The average Bonchev–Trinajstić information content (AvgIpc) is 3.37. The van der Waals surface area contributed by atoms with Crippen LogP contribution in [0.1, 0.15) is 26.4 Å². The second-order valence-electron chi connectivity index (χ2n) is 10.3. The van der Waals surface area contributed by atoms with Gasteiger partial charge in [-0.1, -0.05) is 35.0 Å². The van der Waals surface area contributed by atoms with Crippen LogP contribution in [0.5, 0.6) is 0 Å². The lowest BCUT2D eigenvalue weighted by atomic mass is 10.2. The quantitative estimate of drug-likeness (QED) is 0.0891. The summed E-state index contributed by atoms with van der Waals surface area (Å²) in [6.07, 6.45) is 0. The molecule has 1 aliphatic heterocycles. The molecule has 16 heteroatoms. The Hall–Kier alpha value is -3.45. The van der Waals surface area contributed by atoms with Crippen LogP contribution >= 0.6 is 42.4 Å². The molecule has 0 unspecified atom stereocenters. The lowest BCUT2D eigenvalue weighted by Gasteiger charge is -2.35. The van der Waals surface area contributed by atoms with E-state index in [9.17, 15) is 18.4 Å². The number of benzene rings is 3. The number of rotatable bonds is 12. The first kappa shape index (κ1) is 34.9. The predicted molar refractivity (Wildman–Crippen MR) is 180 cm³/mol. The fraction of sp³-hybridized carbons (Fsp3) is 0.258. The van der Waals surface area contributed by atoms with Crippen LogP contribution < -0.4 is 15.7 Å². The number of esters is 1. The number of anilines is 2. The molecule has 1 aliphatic rings. The number of amides is 1. The molecule has 0 aliphatic carbocycles. The van der Waals surface area contributed by atoms with E-state index in [-0.39, 0.29) is 24.3 Å². The monoisotopic (exact) mass is 723 g/mol. The normalized spacial score (nSPS) is 14.9. The molecule has 47 heavy (non-hydrogen) atoms. The summed E-state index contributed by atoms with van der Waals surface area (Å²) in [4.78, 5) is 26.5. The van der Waals surface area contributed by atoms with Crippen molar-refractivity contribution in [2.24, 2.45) is 0 Å². The smallest absolute Gasteiger partial charge is 0.338 e. The summed E-state index contributed by atoms with van der Waals surface area (Å²) >= 11 is 12.4. The van der Waals surface area contributed by atoms with Gasteiger partial charge >= 0.3 is 5.97 Å². The average molecular weight is 725 g/mol. The maximum Gasteiger partial charge on any atom is 0.338 e. The van der Waals surface area contributed by atoms with Crippen LogP contribution in [-0.2, 0) is 20.6 Å². The lowest BCUT2D eigenvalue weighted by molar-refractivity contribution is 0.0488. The number of carbonyl (C=O) groups excluding carboxylic acids is 2. The fourth-order valence-electron chi connectivity index (χ4n) is 4.88. The van der Waals surface area contributed by atoms with Gasteiger partial charge in [0, 0.05) is 39.3 Å². The Balaban J connectivity index is 1.51. The number of aryl methyl sites for hydroxylation is 1. The second-order valence-corrected chi connectivity index (χ2v) is 14.6. The van der Waals surface area contributed by atoms with Crippen molar-refractivity contribution in [3.8, 4) is 0 Å². The molecule has 0 radical (unpaired) electrons. The molecule has 4 aromatic rings. The van der Waals surface area contributed by atoms with Crippen LogP contribution in [0.15, 0.2) is 77.7 Å². The van der Waals surface area contributed by atoms with E-state index in [1.54, 1.807) is 72.3 Å². The van der Waals surface area contributed by atoms with E-state index in [4.69, 9.17) is 32.7 Å². The third-order valence-electron chi connectivity index (χ3n) is 7.10. The van der Waals surface area contributed by atoms with E-state index in [0.717, 1.165) is 0 Å². The van der Waals surface area contributed by atoms with Crippen molar-refractivity contribution in [1.29, 1.82) is 0 Å². The third kappa shape index (κ3) is 8.72. The second kappa shape index (κ2) is 15.6. The van der Waals surface area contributed by atoms with E-state index < -0.39 is 25.1 Å². The molecule has 1 aromatic heterocycles. The van der Waals surface area contributed by atoms with Crippen molar-refractivity contribution in [2.75, 3.05) is 43.3 Å². The van der Waals surface area contributed by atoms with E-state index >= 15 is 4.57 Å². The third-order valence-corrected chi connectivity index (χ3v) is 11.2. The molecule has 1 fully saturated rings. The standard InChI is InChI=1S/C31H30Cl2F2N5O5PS/c1-20-27(46(43,39-14-17-44-18-15-39)38-25-10-12-26(13-11-25)47-31(34)35)28(36-29(41)21-2-6-23(32)7-3-21)40(37-20)16-19-45-30(42)22-4-8-24(33)9-5-22/h2-13,31H,14-19H2,1H3,(H,36,41)(H,38,43)/t46-/m1/s1. The van der Waals surface area contributed by atoms with Gasteiger partial charge in [0.1, 0.15) is 17.7 Å². The van der Waals surface area contributed by atoms with Gasteiger partial charge in [0.2, 0.25) is 0 Å². The van der Waals surface area contributed by atoms with Gasteiger partial charge in [0.05, 0.1) is 31.0 Å². The van der Waals surface area contributed by atoms with Crippen molar-refractivity contribution in [2.45, 2.75) is 24.1 Å². The summed E-state index contributed by atoms with van der Waals surface area (Å²) in [6, 6.07) is 18.7. The maximum atomic E-state index is 15.3. The molecule has 5 rings (SSSR count). The van der Waals surface area contributed by atoms with Gasteiger partial charge < -0.3 is 19.9 Å². The van der Waals surface area contributed by atoms with Crippen LogP contribution in [-0.4, -0.2) is 65.0 Å². The highest BCUT2D eigenvalue weighted by molar-refractivity contribution is 7.99. The van der Waals surface area contributed by atoms with Gasteiger partial charge in [-0.2, -0.15) is 13.9 Å². The lowest BCUT2D eigenvalue weighted by Crippen LogP contribution is -2.40. The Morgan fingerprint density at radius 3 is 2.17 bits per heavy atom. The highest BCUT2D eigenvalue weighted by Crippen LogP contribution is 2.51. The van der Waals surface area contributed by atoms with E-state index in [2.05, 4.69) is 15.5 Å². The Morgan fingerprint density at radius 2 is 1.57 bits per heavy atom. The van der Waals surface area contributed by atoms with Crippen molar-refractivity contribution in [3.05, 3.63) is 99.7 Å². The first-order valence-corrected chi connectivity index (χ1v) is 17.7. The van der Waals surface area contributed by atoms with Gasteiger partial charge in [0.15, 0.2) is 0 Å². The Morgan fingerprint density at radius 1 is 0.979 bits per heavy atom. The van der Waals surface area contributed by atoms with Crippen molar-refractivity contribution in [1.82, 2.24) is 14.5 Å². The number of hydrogen-bond donors (Lipinski definition) is 2. The molecule has 3 aromatic carbocycles. The molecule has 0 spiro atoms. The predicted octanol–water partition coefficient (Wildman–Crippen LogP) is 7.19. The Bertz CT molecular complexity index is 1760. The van der Waals surface area contributed by atoms with Gasteiger partial charge in [-0.05, 0) is 79.7 Å². The summed E-state index contributed by atoms with van der Waals surface area (Å²) in [7, 11) is -3.82. The molecule has 2 N–H and O–H groups in total. The number of alkyl halides is 2. The highest BCUT2D eigenvalue weighted by Gasteiger charge is 2.40. The van der Waals surface area contributed by atoms with Crippen LogP contribution in [0.25, 0.3) is 0 Å². The zero-order valence-corrected chi connectivity index (χ0v) is 28.2. The number of nitrogens with zero attached hydrogens (tertiary/aromatic N) is 3. The number of thioether (sulfide) groups is 1.